The van der Waals surface area contributed by atoms with E-state index in [2.05, 4.69) is 31.1 Å². The third-order valence-corrected chi connectivity index (χ3v) is 6.63. The van der Waals surface area contributed by atoms with E-state index in [1.54, 1.807) is 18.2 Å². The molecule has 1 heterocycles. The molecule has 0 bridgehead atoms. The van der Waals surface area contributed by atoms with E-state index >= 15 is 0 Å². The average molecular weight is 386 g/mol. The van der Waals surface area contributed by atoms with Crippen LogP contribution in [-0.4, -0.2) is 21.5 Å². The monoisotopic (exact) mass is 385 g/mol. The van der Waals surface area contributed by atoms with Gasteiger partial charge in [0.05, 0.1) is 11.0 Å². The maximum atomic E-state index is 12.7. The Hall–Kier alpha value is -2.37. The lowest BCUT2D eigenvalue weighted by molar-refractivity contribution is 0.0893. The van der Waals surface area contributed by atoms with Crippen LogP contribution in [0.1, 0.15) is 70.2 Å². The standard InChI is InChI=1S/C22H31N3O3/c1-5-22(3,4)15-8-10-16(11-9-15)23-19(26)14-7-12-18-17(13-14)24-20(27)21(28)25(18)6-2/h7,12-13,15-16H,5-6,8-11H2,1-4H3,(H,23,26)(H,24,27). The van der Waals surface area contributed by atoms with Crippen LogP contribution in [0.25, 0.3) is 11.0 Å². The van der Waals surface area contributed by atoms with Gasteiger partial charge in [-0.15, -0.1) is 0 Å². The van der Waals surface area contributed by atoms with E-state index < -0.39 is 11.1 Å². The Labute approximate surface area is 165 Å². The van der Waals surface area contributed by atoms with Gasteiger partial charge in [0.1, 0.15) is 0 Å². The summed E-state index contributed by atoms with van der Waals surface area (Å²) in [5.41, 5.74) is 0.760. The Bertz CT molecular complexity index is 979. The van der Waals surface area contributed by atoms with Gasteiger partial charge >= 0.3 is 11.1 Å². The van der Waals surface area contributed by atoms with Crippen LogP contribution in [0.2, 0.25) is 0 Å². The van der Waals surface area contributed by atoms with Crippen molar-refractivity contribution in [2.24, 2.45) is 11.3 Å². The SMILES string of the molecule is CCn1c(=O)c(=O)[nH]c2cc(C(=O)NC3CCC(C(C)(C)CC)CC3)ccc21. The number of H-pyrrole nitrogens is 1. The highest BCUT2D eigenvalue weighted by molar-refractivity contribution is 5.97. The van der Waals surface area contributed by atoms with E-state index in [4.69, 9.17) is 0 Å². The lowest BCUT2D eigenvalue weighted by Crippen LogP contribution is -2.40. The molecule has 0 saturated heterocycles. The van der Waals surface area contributed by atoms with Crippen molar-refractivity contribution in [2.75, 3.05) is 0 Å². The van der Waals surface area contributed by atoms with Gasteiger partial charge in [-0.3, -0.25) is 14.4 Å². The number of carbonyl (C=O) groups excluding carboxylic acids is 1. The van der Waals surface area contributed by atoms with Crippen molar-refractivity contribution in [3.8, 4) is 0 Å². The Morgan fingerprint density at radius 3 is 2.46 bits per heavy atom. The minimum Gasteiger partial charge on any atom is -0.349 e. The largest absolute Gasteiger partial charge is 0.349 e. The Morgan fingerprint density at radius 2 is 1.86 bits per heavy atom. The molecule has 0 unspecified atom stereocenters. The van der Waals surface area contributed by atoms with Crippen LogP contribution in [0.15, 0.2) is 27.8 Å². The fourth-order valence-corrected chi connectivity index (χ4v) is 4.31. The molecule has 2 N–H and O–H groups in total. The lowest BCUT2D eigenvalue weighted by atomic mass is 9.69. The summed E-state index contributed by atoms with van der Waals surface area (Å²) < 4.78 is 1.42. The van der Waals surface area contributed by atoms with Crippen LogP contribution in [0.3, 0.4) is 0 Å². The molecule has 0 radical (unpaired) electrons. The summed E-state index contributed by atoms with van der Waals surface area (Å²) in [6.45, 7) is 9.14. The molecule has 0 atom stereocenters. The second-order valence-electron chi connectivity index (χ2n) is 8.60. The van der Waals surface area contributed by atoms with Crippen LogP contribution in [0.5, 0.6) is 0 Å². The first-order valence-corrected chi connectivity index (χ1v) is 10.3. The maximum absolute atomic E-state index is 12.7. The highest BCUT2D eigenvalue weighted by Gasteiger charge is 2.32. The molecule has 1 aromatic heterocycles. The molecule has 1 fully saturated rings. The van der Waals surface area contributed by atoms with Gasteiger partial charge < -0.3 is 14.9 Å². The third-order valence-electron chi connectivity index (χ3n) is 6.63. The second-order valence-corrected chi connectivity index (χ2v) is 8.60. The summed E-state index contributed by atoms with van der Waals surface area (Å²) in [6.07, 6.45) is 5.45. The zero-order valence-electron chi connectivity index (χ0n) is 17.3. The molecular formula is C22H31N3O3. The quantitative estimate of drug-likeness (QED) is 0.774. The molecule has 1 aromatic carbocycles. The number of aromatic amines is 1. The van der Waals surface area contributed by atoms with Gasteiger partial charge in [-0.1, -0.05) is 27.2 Å². The van der Waals surface area contributed by atoms with Gasteiger partial charge in [0.15, 0.2) is 0 Å². The molecule has 6 nitrogen and oxygen atoms in total. The smallest absolute Gasteiger partial charge is 0.316 e. The zero-order valence-corrected chi connectivity index (χ0v) is 17.3. The van der Waals surface area contributed by atoms with Crippen molar-refractivity contribution in [1.29, 1.82) is 0 Å². The van der Waals surface area contributed by atoms with Crippen LogP contribution in [0.4, 0.5) is 0 Å². The van der Waals surface area contributed by atoms with Crippen molar-refractivity contribution in [3.63, 3.8) is 0 Å². The minimum atomic E-state index is -0.663. The van der Waals surface area contributed by atoms with Crippen LogP contribution >= 0.6 is 0 Å². The van der Waals surface area contributed by atoms with Gasteiger partial charge in [0.2, 0.25) is 0 Å². The van der Waals surface area contributed by atoms with Gasteiger partial charge in [0, 0.05) is 18.2 Å². The summed E-state index contributed by atoms with van der Waals surface area (Å²) >= 11 is 0. The minimum absolute atomic E-state index is 0.129. The Kier molecular flexibility index (Phi) is 5.77. The summed E-state index contributed by atoms with van der Waals surface area (Å²) in [4.78, 5) is 39.1. The molecule has 1 saturated carbocycles. The molecule has 6 heteroatoms. The highest BCUT2D eigenvalue weighted by Crippen LogP contribution is 2.40. The van der Waals surface area contributed by atoms with E-state index in [0.29, 0.717) is 34.5 Å². The number of carbonyl (C=O) groups is 1. The topological polar surface area (TPSA) is 84.0 Å². The molecule has 1 amide bonds. The number of hydrogen-bond acceptors (Lipinski definition) is 3. The van der Waals surface area contributed by atoms with Gasteiger partial charge in [-0.25, -0.2) is 0 Å². The van der Waals surface area contributed by atoms with E-state index in [-0.39, 0.29) is 11.9 Å². The van der Waals surface area contributed by atoms with Crippen molar-refractivity contribution in [3.05, 3.63) is 44.5 Å². The van der Waals surface area contributed by atoms with E-state index in [1.165, 1.54) is 11.0 Å². The Balaban J connectivity index is 1.74. The first-order chi connectivity index (χ1) is 13.3. The van der Waals surface area contributed by atoms with Crippen molar-refractivity contribution in [2.45, 2.75) is 72.4 Å². The predicted molar refractivity (Wildman–Crippen MR) is 112 cm³/mol. The van der Waals surface area contributed by atoms with E-state index in [1.807, 2.05) is 6.92 Å². The second kappa shape index (κ2) is 7.94. The Morgan fingerprint density at radius 1 is 1.18 bits per heavy atom. The third kappa shape index (κ3) is 3.91. The number of rotatable bonds is 5. The molecule has 152 valence electrons. The van der Waals surface area contributed by atoms with E-state index in [0.717, 1.165) is 25.7 Å². The zero-order chi connectivity index (χ0) is 20.5. The molecular weight excluding hydrogens is 354 g/mol. The number of aryl methyl sites for hydroxylation is 1. The summed E-state index contributed by atoms with van der Waals surface area (Å²) in [6, 6.07) is 5.29. The molecule has 0 spiro atoms. The number of nitrogens with one attached hydrogen (secondary N) is 2. The van der Waals surface area contributed by atoms with Gasteiger partial charge in [-0.2, -0.15) is 0 Å². The summed E-state index contributed by atoms with van der Waals surface area (Å²) in [5.74, 6) is 0.581. The first kappa shape index (κ1) is 20.4. The van der Waals surface area contributed by atoms with Crippen molar-refractivity contribution < 1.29 is 4.79 Å². The molecule has 28 heavy (non-hydrogen) atoms. The number of hydrogen-bond donors (Lipinski definition) is 2. The predicted octanol–water partition coefficient (Wildman–Crippen LogP) is 3.43. The molecule has 3 rings (SSSR count). The fraction of sp³-hybridized carbons (Fsp3) is 0.591. The summed E-state index contributed by atoms with van der Waals surface area (Å²) in [5, 5.41) is 3.14. The molecule has 1 aliphatic rings. The number of amides is 1. The van der Waals surface area contributed by atoms with Crippen LogP contribution < -0.4 is 16.4 Å². The number of nitrogens with zero attached hydrogens (tertiary/aromatic N) is 1. The highest BCUT2D eigenvalue weighted by atomic mass is 16.2. The molecule has 1 aliphatic carbocycles. The van der Waals surface area contributed by atoms with Crippen molar-refractivity contribution in [1.82, 2.24) is 14.9 Å². The number of fused-ring (bicyclic) bond motifs is 1. The fourth-order valence-electron chi connectivity index (χ4n) is 4.31. The normalized spacial score (nSPS) is 20.3. The van der Waals surface area contributed by atoms with Crippen LogP contribution in [-0.2, 0) is 6.54 Å². The molecule has 2 aromatic rings. The van der Waals surface area contributed by atoms with Gasteiger partial charge in [0.25, 0.3) is 5.91 Å². The van der Waals surface area contributed by atoms with Crippen LogP contribution in [0, 0.1) is 11.3 Å². The molecule has 0 aliphatic heterocycles. The van der Waals surface area contributed by atoms with Gasteiger partial charge in [-0.05, 0) is 62.1 Å². The maximum Gasteiger partial charge on any atom is 0.316 e. The number of benzene rings is 1. The van der Waals surface area contributed by atoms with Crippen molar-refractivity contribution >= 4 is 16.9 Å². The summed E-state index contributed by atoms with van der Waals surface area (Å²) in [7, 11) is 0. The number of aromatic nitrogens is 2. The first-order valence-electron chi connectivity index (χ1n) is 10.3. The lowest BCUT2D eigenvalue weighted by Gasteiger charge is -2.39. The average Bonchev–Trinajstić information content (AvgIpc) is 2.69. The van der Waals surface area contributed by atoms with E-state index in [9.17, 15) is 14.4 Å².